The van der Waals surface area contributed by atoms with Crippen LogP contribution in [0.25, 0.3) is 0 Å². The summed E-state index contributed by atoms with van der Waals surface area (Å²) in [5, 5.41) is 0. The molecule has 0 spiro atoms. The third-order valence-electron chi connectivity index (χ3n) is 1.81. The molecule has 0 amide bonds. The summed E-state index contributed by atoms with van der Waals surface area (Å²) in [4.78, 5) is 8.02. The number of aromatic nitrogens is 2. The molecule has 2 aromatic heterocycles. The first kappa shape index (κ1) is 10.1. The average molecular weight is 265 g/mol. The number of hydrogen-bond acceptors (Lipinski definition) is 3. The third kappa shape index (κ3) is 3.02. The predicted octanol–water partition coefficient (Wildman–Crippen LogP) is 2.82. The van der Waals surface area contributed by atoms with Crippen LogP contribution >= 0.6 is 15.9 Å². The van der Waals surface area contributed by atoms with E-state index in [1.807, 2.05) is 18.2 Å². The fraction of sp³-hybridized carbons (Fsp3) is 0.0909. The van der Waals surface area contributed by atoms with E-state index < -0.39 is 0 Å². The normalized spacial score (nSPS) is 9.93. The highest BCUT2D eigenvalue weighted by Gasteiger charge is 1.96. The van der Waals surface area contributed by atoms with Crippen molar-refractivity contribution >= 4 is 15.9 Å². The van der Waals surface area contributed by atoms with E-state index in [-0.39, 0.29) is 0 Å². The van der Waals surface area contributed by atoms with Gasteiger partial charge in [0.05, 0.1) is 6.20 Å². The molecule has 0 saturated carbocycles. The van der Waals surface area contributed by atoms with Crippen LogP contribution in [0.1, 0.15) is 5.56 Å². The fourth-order valence-electron chi connectivity index (χ4n) is 1.12. The number of ether oxygens (including phenoxy) is 1. The SMILES string of the molecule is Brc1cncc(OCc2cccnc2)c1. The van der Waals surface area contributed by atoms with Gasteiger partial charge in [0.15, 0.2) is 0 Å². The third-order valence-corrected chi connectivity index (χ3v) is 2.24. The molecule has 2 heterocycles. The summed E-state index contributed by atoms with van der Waals surface area (Å²) >= 11 is 3.33. The van der Waals surface area contributed by atoms with Gasteiger partial charge in [0.1, 0.15) is 12.4 Å². The quantitative estimate of drug-likeness (QED) is 0.855. The van der Waals surface area contributed by atoms with Crippen molar-refractivity contribution < 1.29 is 4.74 Å². The zero-order valence-corrected chi connectivity index (χ0v) is 9.52. The molecule has 2 rings (SSSR count). The maximum Gasteiger partial charge on any atom is 0.139 e. The van der Waals surface area contributed by atoms with Gasteiger partial charge in [0.25, 0.3) is 0 Å². The van der Waals surface area contributed by atoms with Gasteiger partial charge in [0, 0.05) is 28.6 Å². The summed E-state index contributed by atoms with van der Waals surface area (Å²) in [7, 11) is 0. The molecule has 0 aromatic carbocycles. The number of pyridine rings is 2. The van der Waals surface area contributed by atoms with Crippen LogP contribution in [0.2, 0.25) is 0 Å². The fourth-order valence-corrected chi connectivity index (χ4v) is 1.47. The molecule has 0 bridgehead atoms. The number of nitrogens with zero attached hydrogens (tertiary/aromatic N) is 2. The zero-order valence-electron chi connectivity index (χ0n) is 7.93. The summed E-state index contributed by atoms with van der Waals surface area (Å²) in [6, 6.07) is 5.74. The maximum absolute atomic E-state index is 5.54. The second-order valence-corrected chi connectivity index (χ2v) is 3.90. The standard InChI is InChI=1S/C11H9BrN2O/c12-10-4-11(7-14-6-10)15-8-9-2-1-3-13-5-9/h1-7H,8H2. The molecule has 0 atom stereocenters. The number of halogens is 1. The molecular weight excluding hydrogens is 256 g/mol. The van der Waals surface area contributed by atoms with Crippen LogP contribution in [-0.2, 0) is 6.61 Å². The lowest BCUT2D eigenvalue weighted by molar-refractivity contribution is 0.304. The average Bonchev–Trinajstić information content (AvgIpc) is 2.28. The molecule has 0 saturated heterocycles. The smallest absolute Gasteiger partial charge is 0.139 e. The second-order valence-electron chi connectivity index (χ2n) is 2.99. The predicted molar refractivity (Wildman–Crippen MR) is 60.5 cm³/mol. The Morgan fingerprint density at radius 2 is 2.13 bits per heavy atom. The molecule has 0 N–H and O–H groups in total. The van der Waals surface area contributed by atoms with Crippen molar-refractivity contribution in [2.45, 2.75) is 6.61 Å². The molecule has 0 unspecified atom stereocenters. The van der Waals surface area contributed by atoms with Gasteiger partial charge < -0.3 is 4.74 Å². The van der Waals surface area contributed by atoms with Crippen molar-refractivity contribution in [1.29, 1.82) is 0 Å². The van der Waals surface area contributed by atoms with Crippen LogP contribution in [-0.4, -0.2) is 9.97 Å². The maximum atomic E-state index is 5.54. The number of rotatable bonds is 3. The van der Waals surface area contributed by atoms with Crippen LogP contribution < -0.4 is 4.74 Å². The van der Waals surface area contributed by atoms with Gasteiger partial charge >= 0.3 is 0 Å². The summed E-state index contributed by atoms with van der Waals surface area (Å²) in [5.41, 5.74) is 1.04. The van der Waals surface area contributed by atoms with E-state index in [1.54, 1.807) is 24.8 Å². The molecule has 2 aromatic rings. The van der Waals surface area contributed by atoms with Gasteiger partial charge in [-0.05, 0) is 28.1 Å². The Labute approximate surface area is 96.3 Å². The minimum Gasteiger partial charge on any atom is -0.487 e. The van der Waals surface area contributed by atoms with Gasteiger partial charge in [-0.15, -0.1) is 0 Å². The highest BCUT2D eigenvalue weighted by molar-refractivity contribution is 9.10. The lowest BCUT2D eigenvalue weighted by Gasteiger charge is -2.05. The Morgan fingerprint density at radius 3 is 2.87 bits per heavy atom. The molecule has 4 heteroatoms. The van der Waals surface area contributed by atoms with Gasteiger partial charge in [-0.25, -0.2) is 0 Å². The van der Waals surface area contributed by atoms with Crippen LogP contribution in [0.4, 0.5) is 0 Å². The first-order valence-electron chi connectivity index (χ1n) is 4.47. The van der Waals surface area contributed by atoms with E-state index in [9.17, 15) is 0 Å². The van der Waals surface area contributed by atoms with Crippen LogP contribution in [0.3, 0.4) is 0 Å². The molecule has 0 aliphatic rings. The first-order valence-corrected chi connectivity index (χ1v) is 5.26. The first-order chi connectivity index (χ1) is 7.34. The Hall–Kier alpha value is -1.42. The van der Waals surface area contributed by atoms with Crippen LogP contribution in [0, 0.1) is 0 Å². The summed E-state index contributed by atoms with van der Waals surface area (Å²) in [6.45, 7) is 0.506. The highest BCUT2D eigenvalue weighted by Crippen LogP contribution is 2.16. The Kier molecular flexibility index (Phi) is 3.29. The van der Waals surface area contributed by atoms with Gasteiger partial charge in [-0.2, -0.15) is 0 Å². The van der Waals surface area contributed by atoms with Crippen molar-refractivity contribution in [3.63, 3.8) is 0 Å². The van der Waals surface area contributed by atoms with E-state index in [0.717, 1.165) is 15.8 Å². The monoisotopic (exact) mass is 264 g/mol. The minimum absolute atomic E-state index is 0.506. The van der Waals surface area contributed by atoms with E-state index >= 15 is 0 Å². The Balaban J connectivity index is 1.99. The molecule has 76 valence electrons. The molecule has 0 radical (unpaired) electrons. The molecule has 0 aliphatic heterocycles. The molecule has 3 nitrogen and oxygen atoms in total. The van der Waals surface area contributed by atoms with Crippen molar-refractivity contribution in [2.75, 3.05) is 0 Å². The molecule has 0 aliphatic carbocycles. The largest absolute Gasteiger partial charge is 0.487 e. The van der Waals surface area contributed by atoms with E-state index in [2.05, 4.69) is 25.9 Å². The van der Waals surface area contributed by atoms with Crippen molar-refractivity contribution in [3.05, 3.63) is 53.0 Å². The molecular formula is C11H9BrN2O. The Bertz CT molecular complexity index is 434. The highest BCUT2D eigenvalue weighted by atomic mass is 79.9. The van der Waals surface area contributed by atoms with Crippen molar-refractivity contribution in [3.8, 4) is 5.75 Å². The van der Waals surface area contributed by atoms with Gasteiger partial charge in [-0.3, -0.25) is 9.97 Å². The minimum atomic E-state index is 0.506. The van der Waals surface area contributed by atoms with Crippen LogP contribution in [0.15, 0.2) is 47.5 Å². The lowest BCUT2D eigenvalue weighted by Crippen LogP contribution is -1.95. The summed E-state index contributed by atoms with van der Waals surface area (Å²) in [5.74, 6) is 0.744. The second kappa shape index (κ2) is 4.89. The van der Waals surface area contributed by atoms with Crippen LogP contribution in [0.5, 0.6) is 5.75 Å². The van der Waals surface area contributed by atoms with Crippen molar-refractivity contribution in [1.82, 2.24) is 9.97 Å². The van der Waals surface area contributed by atoms with Gasteiger partial charge in [-0.1, -0.05) is 6.07 Å². The Morgan fingerprint density at radius 1 is 1.20 bits per heavy atom. The van der Waals surface area contributed by atoms with E-state index in [1.165, 1.54) is 0 Å². The lowest BCUT2D eigenvalue weighted by atomic mass is 10.3. The van der Waals surface area contributed by atoms with E-state index in [4.69, 9.17) is 4.74 Å². The van der Waals surface area contributed by atoms with E-state index in [0.29, 0.717) is 6.61 Å². The number of hydrogen-bond donors (Lipinski definition) is 0. The molecule has 0 fully saturated rings. The topological polar surface area (TPSA) is 35.0 Å². The zero-order chi connectivity index (χ0) is 10.5. The van der Waals surface area contributed by atoms with Gasteiger partial charge in [0.2, 0.25) is 0 Å². The summed E-state index contributed by atoms with van der Waals surface area (Å²) < 4.78 is 6.45. The molecule has 15 heavy (non-hydrogen) atoms. The van der Waals surface area contributed by atoms with Crippen molar-refractivity contribution in [2.24, 2.45) is 0 Å². The summed E-state index contributed by atoms with van der Waals surface area (Å²) in [6.07, 6.45) is 6.92.